The zero-order chi connectivity index (χ0) is 15.4. The first-order valence-corrected chi connectivity index (χ1v) is 8.79. The minimum Gasteiger partial charge on any atom is -0.508 e. The van der Waals surface area contributed by atoms with E-state index >= 15 is 0 Å². The smallest absolute Gasteiger partial charge is 0.115 e. The van der Waals surface area contributed by atoms with Gasteiger partial charge in [-0.3, -0.25) is 0 Å². The zero-order valence-corrected chi connectivity index (χ0v) is 13.6. The number of rotatable bonds is 3. The quantitative estimate of drug-likeness (QED) is 0.793. The molecule has 1 saturated heterocycles. The molecule has 0 radical (unpaired) electrons. The molecule has 1 saturated carbocycles. The van der Waals surface area contributed by atoms with Crippen molar-refractivity contribution in [3.05, 3.63) is 42.0 Å². The Balaban J connectivity index is 1.46. The van der Waals surface area contributed by atoms with Gasteiger partial charge in [0.05, 0.1) is 12.7 Å². The van der Waals surface area contributed by atoms with Crippen LogP contribution in [0.2, 0.25) is 0 Å². The maximum atomic E-state index is 9.39. The molecule has 2 aliphatic rings. The van der Waals surface area contributed by atoms with E-state index in [0.717, 1.165) is 12.5 Å². The van der Waals surface area contributed by atoms with Crippen molar-refractivity contribution in [1.82, 2.24) is 0 Å². The van der Waals surface area contributed by atoms with Gasteiger partial charge in [0.1, 0.15) is 5.75 Å². The maximum Gasteiger partial charge on any atom is 0.115 e. The van der Waals surface area contributed by atoms with Crippen molar-refractivity contribution in [3.8, 4) is 5.75 Å². The van der Waals surface area contributed by atoms with E-state index in [0.29, 0.717) is 23.7 Å². The molecular weight excluding hydrogens is 272 g/mol. The first kappa shape index (κ1) is 15.6. The van der Waals surface area contributed by atoms with Gasteiger partial charge in [-0.15, -0.1) is 0 Å². The molecule has 1 aromatic rings. The second kappa shape index (κ2) is 7.32. The summed E-state index contributed by atoms with van der Waals surface area (Å²) in [6.07, 6.45) is 12.9. The molecule has 22 heavy (non-hydrogen) atoms. The van der Waals surface area contributed by atoms with Crippen LogP contribution in [0.15, 0.2) is 36.4 Å². The van der Waals surface area contributed by atoms with Gasteiger partial charge in [0.25, 0.3) is 0 Å². The molecule has 2 nitrogen and oxygen atoms in total. The Hall–Kier alpha value is -1.28. The summed E-state index contributed by atoms with van der Waals surface area (Å²) < 4.78 is 5.74. The summed E-state index contributed by atoms with van der Waals surface area (Å²) in [5.41, 5.74) is 1.38. The molecule has 2 heteroatoms. The molecule has 2 fully saturated rings. The maximum absolute atomic E-state index is 9.39. The van der Waals surface area contributed by atoms with E-state index < -0.39 is 0 Å². The van der Waals surface area contributed by atoms with Crippen molar-refractivity contribution in [3.63, 3.8) is 0 Å². The molecule has 120 valence electrons. The number of aromatic hydroxyl groups is 1. The molecule has 0 aromatic heterocycles. The van der Waals surface area contributed by atoms with Crippen LogP contribution in [0.25, 0.3) is 0 Å². The van der Waals surface area contributed by atoms with Crippen LogP contribution in [-0.4, -0.2) is 17.8 Å². The molecular formula is C20H28O2. The Bertz CT molecular complexity index is 475. The minimum atomic E-state index is 0.365. The lowest BCUT2D eigenvalue weighted by molar-refractivity contribution is 0.00752. The van der Waals surface area contributed by atoms with Crippen LogP contribution in [0.3, 0.4) is 0 Å². The van der Waals surface area contributed by atoms with Gasteiger partial charge in [0.2, 0.25) is 0 Å². The average Bonchev–Trinajstić information content (AvgIpc) is 2.56. The van der Waals surface area contributed by atoms with Crippen molar-refractivity contribution in [2.75, 3.05) is 6.61 Å². The summed E-state index contributed by atoms with van der Waals surface area (Å²) in [6.45, 7) is 3.07. The number of hydrogen-bond donors (Lipinski definition) is 1. The predicted octanol–water partition coefficient (Wildman–Crippen LogP) is 5.04. The molecule has 1 aliphatic carbocycles. The molecule has 1 aliphatic heterocycles. The average molecular weight is 300 g/mol. The van der Waals surface area contributed by atoms with Crippen LogP contribution in [-0.2, 0) is 4.74 Å². The highest BCUT2D eigenvalue weighted by atomic mass is 16.5. The fourth-order valence-electron chi connectivity index (χ4n) is 3.76. The second-order valence-electron chi connectivity index (χ2n) is 7.07. The third-order valence-corrected chi connectivity index (χ3v) is 5.33. The SMILES string of the molecule is CC1CCC(/C=C/C2CCC(c3ccc(O)cc3)CC2)CO1. The number of hydrogen-bond acceptors (Lipinski definition) is 2. The van der Waals surface area contributed by atoms with Crippen molar-refractivity contribution >= 4 is 0 Å². The van der Waals surface area contributed by atoms with Crippen molar-refractivity contribution in [1.29, 1.82) is 0 Å². The summed E-state index contributed by atoms with van der Waals surface area (Å²) in [4.78, 5) is 0. The summed E-state index contributed by atoms with van der Waals surface area (Å²) >= 11 is 0. The van der Waals surface area contributed by atoms with Crippen LogP contribution in [0.4, 0.5) is 0 Å². The molecule has 2 unspecified atom stereocenters. The molecule has 0 spiro atoms. The number of allylic oxidation sites excluding steroid dienone is 1. The lowest BCUT2D eigenvalue weighted by Gasteiger charge is -2.28. The summed E-state index contributed by atoms with van der Waals surface area (Å²) in [5, 5.41) is 9.39. The molecule has 0 amide bonds. The van der Waals surface area contributed by atoms with Crippen molar-refractivity contribution < 1.29 is 9.84 Å². The Kier molecular flexibility index (Phi) is 5.20. The lowest BCUT2D eigenvalue weighted by Crippen LogP contribution is -2.22. The Morgan fingerprint density at radius 2 is 1.55 bits per heavy atom. The largest absolute Gasteiger partial charge is 0.508 e. The molecule has 1 N–H and O–H groups in total. The number of benzene rings is 1. The van der Waals surface area contributed by atoms with Gasteiger partial charge in [0, 0.05) is 5.92 Å². The first-order valence-electron chi connectivity index (χ1n) is 8.79. The molecule has 2 atom stereocenters. The van der Waals surface area contributed by atoms with E-state index in [1.807, 2.05) is 12.1 Å². The summed E-state index contributed by atoms with van der Waals surface area (Å²) in [7, 11) is 0. The van der Waals surface area contributed by atoms with E-state index in [2.05, 4.69) is 31.2 Å². The number of phenols is 1. The topological polar surface area (TPSA) is 29.5 Å². The minimum absolute atomic E-state index is 0.365. The van der Waals surface area contributed by atoms with E-state index in [9.17, 15) is 5.11 Å². The van der Waals surface area contributed by atoms with Crippen molar-refractivity contribution in [2.45, 2.75) is 57.5 Å². The highest BCUT2D eigenvalue weighted by Crippen LogP contribution is 2.37. The van der Waals surface area contributed by atoms with Crippen LogP contribution in [0, 0.1) is 11.8 Å². The van der Waals surface area contributed by atoms with E-state index in [1.165, 1.54) is 44.1 Å². The number of phenolic OH excluding ortho intramolecular Hbond substituents is 1. The summed E-state index contributed by atoms with van der Waals surface area (Å²) in [6, 6.07) is 7.78. The van der Waals surface area contributed by atoms with E-state index in [1.54, 1.807) is 0 Å². The fraction of sp³-hybridized carbons (Fsp3) is 0.600. The van der Waals surface area contributed by atoms with Crippen molar-refractivity contribution in [2.24, 2.45) is 11.8 Å². The third-order valence-electron chi connectivity index (χ3n) is 5.33. The highest BCUT2D eigenvalue weighted by Gasteiger charge is 2.22. The Morgan fingerprint density at radius 1 is 0.909 bits per heavy atom. The van der Waals surface area contributed by atoms with Gasteiger partial charge >= 0.3 is 0 Å². The normalized spacial score (nSPS) is 33.1. The molecule has 0 bridgehead atoms. The number of ether oxygens (including phenoxy) is 1. The Morgan fingerprint density at radius 3 is 2.18 bits per heavy atom. The van der Waals surface area contributed by atoms with E-state index in [-0.39, 0.29) is 0 Å². The standard InChI is InChI=1S/C20H28O2/c1-15-2-3-17(14-22-15)5-4-16-6-8-18(9-7-16)19-10-12-20(21)13-11-19/h4-5,10-13,15-18,21H,2-3,6-9,14H2,1H3/b5-4+. The first-order chi connectivity index (χ1) is 10.7. The van der Waals surface area contributed by atoms with Crippen LogP contribution in [0.5, 0.6) is 5.75 Å². The fourth-order valence-corrected chi connectivity index (χ4v) is 3.76. The van der Waals surface area contributed by atoms with Gasteiger partial charge in [0.15, 0.2) is 0 Å². The van der Waals surface area contributed by atoms with Crippen LogP contribution >= 0.6 is 0 Å². The second-order valence-corrected chi connectivity index (χ2v) is 7.07. The molecule has 1 heterocycles. The lowest BCUT2D eigenvalue weighted by atomic mass is 9.78. The van der Waals surface area contributed by atoms with Gasteiger partial charge in [-0.05, 0) is 75.0 Å². The van der Waals surface area contributed by atoms with Gasteiger partial charge in [-0.2, -0.15) is 0 Å². The van der Waals surface area contributed by atoms with Crippen LogP contribution in [0.1, 0.15) is 56.9 Å². The molecule has 1 aromatic carbocycles. The summed E-state index contributed by atoms with van der Waals surface area (Å²) in [5.74, 6) is 2.41. The molecule has 3 rings (SSSR count). The highest BCUT2D eigenvalue weighted by molar-refractivity contribution is 5.28. The van der Waals surface area contributed by atoms with Gasteiger partial charge in [-0.25, -0.2) is 0 Å². The Labute approximate surface area is 134 Å². The van der Waals surface area contributed by atoms with E-state index in [4.69, 9.17) is 4.74 Å². The van der Waals surface area contributed by atoms with Gasteiger partial charge < -0.3 is 9.84 Å². The monoisotopic (exact) mass is 300 g/mol. The van der Waals surface area contributed by atoms with Gasteiger partial charge in [-0.1, -0.05) is 24.3 Å². The van der Waals surface area contributed by atoms with Crippen LogP contribution < -0.4 is 0 Å². The third kappa shape index (κ3) is 4.13. The predicted molar refractivity (Wildman–Crippen MR) is 90.1 cm³/mol. The zero-order valence-electron chi connectivity index (χ0n) is 13.6.